The Morgan fingerprint density at radius 3 is 2.60 bits per heavy atom. The Kier molecular flexibility index (Phi) is 3.24. The van der Waals surface area contributed by atoms with E-state index in [0.717, 1.165) is 0 Å². The van der Waals surface area contributed by atoms with Crippen molar-refractivity contribution in [3.05, 3.63) is 0 Å². The van der Waals surface area contributed by atoms with Crippen molar-refractivity contribution in [2.75, 3.05) is 13.7 Å². The fourth-order valence-corrected chi connectivity index (χ4v) is 1.89. The second kappa shape index (κ2) is 4.32. The quantitative estimate of drug-likeness (QED) is 0.580. The number of aliphatic hydroxyl groups is 2. The molecule has 2 N–H and O–H groups in total. The van der Waals surface area contributed by atoms with E-state index in [0.29, 0.717) is 6.61 Å². The second-order valence-electron chi connectivity index (χ2n) is 3.76. The van der Waals surface area contributed by atoms with Gasteiger partial charge in [0, 0.05) is 7.11 Å². The Morgan fingerprint density at radius 2 is 1.93 bits per heavy atom. The van der Waals surface area contributed by atoms with Crippen LogP contribution in [0.25, 0.3) is 0 Å². The maximum atomic E-state index is 9.80. The molecule has 0 radical (unpaired) electrons. The molecule has 0 unspecified atom stereocenters. The highest BCUT2D eigenvalue weighted by molar-refractivity contribution is 4.91. The molecule has 2 fully saturated rings. The zero-order chi connectivity index (χ0) is 11.0. The van der Waals surface area contributed by atoms with Gasteiger partial charge in [-0.3, -0.25) is 0 Å². The van der Waals surface area contributed by atoms with Crippen LogP contribution in [0.15, 0.2) is 0 Å². The van der Waals surface area contributed by atoms with Crippen LogP contribution in [-0.2, 0) is 18.9 Å². The first kappa shape index (κ1) is 11.3. The third kappa shape index (κ3) is 2.01. The van der Waals surface area contributed by atoms with Crippen LogP contribution in [0, 0.1) is 0 Å². The molecule has 0 spiro atoms. The van der Waals surface area contributed by atoms with Gasteiger partial charge in [-0.1, -0.05) is 0 Å². The molecular weight excluding hydrogens is 204 g/mol. The van der Waals surface area contributed by atoms with Gasteiger partial charge in [0.05, 0.1) is 6.61 Å². The van der Waals surface area contributed by atoms with Crippen LogP contribution in [0.1, 0.15) is 6.92 Å². The van der Waals surface area contributed by atoms with E-state index < -0.39 is 37.0 Å². The van der Waals surface area contributed by atoms with Crippen LogP contribution in [-0.4, -0.2) is 60.9 Å². The fourth-order valence-electron chi connectivity index (χ4n) is 1.89. The van der Waals surface area contributed by atoms with Crippen molar-refractivity contribution in [3.8, 4) is 0 Å². The van der Waals surface area contributed by atoms with Crippen LogP contribution in [0.5, 0.6) is 0 Å². The molecular formula is C9H16O6. The Balaban J connectivity index is 2.07. The zero-order valence-corrected chi connectivity index (χ0v) is 8.70. The predicted molar refractivity (Wildman–Crippen MR) is 48.0 cm³/mol. The second-order valence-corrected chi connectivity index (χ2v) is 3.76. The van der Waals surface area contributed by atoms with Crippen LogP contribution in [0.4, 0.5) is 0 Å². The third-order valence-electron chi connectivity index (χ3n) is 2.72. The minimum absolute atomic E-state index is 0.329. The molecule has 0 aromatic heterocycles. The van der Waals surface area contributed by atoms with Crippen LogP contribution in [0.2, 0.25) is 0 Å². The highest BCUT2D eigenvalue weighted by atomic mass is 16.7. The number of methoxy groups -OCH3 is 1. The summed E-state index contributed by atoms with van der Waals surface area (Å²) in [5, 5.41) is 19.4. The van der Waals surface area contributed by atoms with E-state index >= 15 is 0 Å². The van der Waals surface area contributed by atoms with Crippen LogP contribution < -0.4 is 0 Å². The highest BCUT2D eigenvalue weighted by Gasteiger charge is 2.48. The van der Waals surface area contributed by atoms with Gasteiger partial charge in [0.15, 0.2) is 12.6 Å². The summed E-state index contributed by atoms with van der Waals surface area (Å²) in [5.74, 6) is 0. The maximum absolute atomic E-state index is 9.80. The highest BCUT2D eigenvalue weighted by Crippen LogP contribution is 2.28. The van der Waals surface area contributed by atoms with Crippen molar-refractivity contribution >= 4 is 0 Å². The van der Waals surface area contributed by atoms with E-state index in [-0.39, 0.29) is 0 Å². The Hall–Kier alpha value is -0.240. The summed E-state index contributed by atoms with van der Waals surface area (Å²) in [6.45, 7) is 2.06. The van der Waals surface area contributed by atoms with Gasteiger partial charge in [-0.05, 0) is 6.92 Å². The monoisotopic (exact) mass is 220 g/mol. The van der Waals surface area contributed by atoms with Crippen molar-refractivity contribution in [3.63, 3.8) is 0 Å². The molecule has 2 aliphatic rings. The van der Waals surface area contributed by atoms with Gasteiger partial charge in [-0.2, -0.15) is 0 Å². The first-order valence-electron chi connectivity index (χ1n) is 4.95. The van der Waals surface area contributed by atoms with E-state index in [1.54, 1.807) is 6.92 Å². The van der Waals surface area contributed by atoms with Crippen molar-refractivity contribution in [2.24, 2.45) is 0 Å². The minimum atomic E-state index is -1.10. The summed E-state index contributed by atoms with van der Waals surface area (Å²) in [7, 11) is 1.41. The van der Waals surface area contributed by atoms with Gasteiger partial charge in [-0.25, -0.2) is 0 Å². The first-order valence-corrected chi connectivity index (χ1v) is 4.95. The van der Waals surface area contributed by atoms with E-state index in [2.05, 4.69) is 0 Å². The van der Waals surface area contributed by atoms with Gasteiger partial charge in [0.1, 0.15) is 24.4 Å². The molecule has 6 atom stereocenters. The largest absolute Gasteiger partial charge is 0.387 e. The SMILES string of the molecule is CO[C@@H]1O[C@@H]2CO[C@@H](C)O[C@H]2[C@H](O)[C@H]1O. The summed E-state index contributed by atoms with van der Waals surface area (Å²) in [5.41, 5.74) is 0. The standard InChI is InChI=1S/C9H16O6/c1-4-13-3-5-8(14-4)6(10)7(11)9(12-2)15-5/h4-11H,3H2,1-2H3/t4-,5-,6-,7-,8-,9-/m1/s1. The summed E-state index contributed by atoms with van der Waals surface area (Å²) in [6, 6.07) is 0. The molecule has 2 aliphatic heterocycles. The molecule has 6 nitrogen and oxygen atoms in total. The van der Waals surface area contributed by atoms with Gasteiger partial charge < -0.3 is 29.2 Å². The van der Waals surface area contributed by atoms with Gasteiger partial charge in [0.2, 0.25) is 0 Å². The predicted octanol–water partition coefficient (Wildman–Crippen LogP) is -1.16. The summed E-state index contributed by atoms with van der Waals surface area (Å²) < 4.78 is 20.9. The topological polar surface area (TPSA) is 77.4 Å². The number of hydrogen-bond donors (Lipinski definition) is 2. The number of fused-ring (bicyclic) bond motifs is 1. The molecule has 88 valence electrons. The van der Waals surface area contributed by atoms with Crippen molar-refractivity contribution in [2.45, 2.75) is 43.9 Å². The fraction of sp³-hybridized carbons (Fsp3) is 1.00. The Morgan fingerprint density at radius 1 is 1.20 bits per heavy atom. The molecule has 6 heteroatoms. The third-order valence-corrected chi connectivity index (χ3v) is 2.72. The summed E-state index contributed by atoms with van der Waals surface area (Å²) >= 11 is 0. The lowest BCUT2D eigenvalue weighted by Gasteiger charge is -2.45. The molecule has 0 aliphatic carbocycles. The van der Waals surface area contributed by atoms with Crippen molar-refractivity contribution in [1.29, 1.82) is 0 Å². The van der Waals surface area contributed by atoms with Gasteiger partial charge >= 0.3 is 0 Å². The average Bonchev–Trinajstić information content (AvgIpc) is 2.24. The molecule has 0 aromatic carbocycles. The maximum Gasteiger partial charge on any atom is 0.186 e. The molecule has 2 heterocycles. The minimum Gasteiger partial charge on any atom is -0.387 e. The smallest absolute Gasteiger partial charge is 0.186 e. The number of hydrogen-bond acceptors (Lipinski definition) is 6. The Labute approximate surface area is 87.7 Å². The summed E-state index contributed by atoms with van der Waals surface area (Å²) in [6.07, 6.45) is -4.29. The molecule has 2 rings (SSSR count). The summed E-state index contributed by atoms with van der Waals surface area (Å²) in [4.78, 5) is 0. The van der Waals surface area contributed by atoms with Crippen LogP contribution >= 0.6 is 0 Å². The van der Waals surface area contributed by atoms with Crippen molar-refractivity contribution < 1.29 is 29.2 Å². The van der Waals surface area contributed by atoms with Crippen LogP contribution in [0.3, 0.4) is 0 Å². The number of ether oxygens (including phenoxy) is 4. The van der Waals surface area contributed by atoms with Crippen molar-refractivity contribution in [1.82, 2.24) is 0 Å². The zero-order valence-electron chi connectivity index (χ0n) is 8.70. The van der Waals surface area contributed by atoms with E-state index in [1.807, 2.05) is 0 Å². The average molecular weight is 220 g/mol. The molecule has 15 heavy (non-hydrogen) atoms. The molecule has 0 saturated carbocycles. The van der Waals surface area contributed by atoms with E-state index in [4.69, 9.17) is 18.9 Å². The lowest BCUT2D eigenvalue weighted by atomic mass is 9.98. The normalized spacial score (nSPS) is 51.2. The van der Waals surface area contributed by atoms with E-state index in [9.17, 15) is 10.2 Å². The molecule has 0 amide bonds. The van der Waals surface area contributed by atoms with Gasteiger partial charge in [-0.15, -0.1) is 0 Å². The first-order chi connectivity index (χ1) is 7.13. The number of aliphatic hydroxyl groups excluding tert-OH is 2. The molecule has 0 bridgehead atoms. The Bertz CT molecular complexity index is 221. The molecule has 0 aromatic rings. The van der Waals surface area contributed by atoms with E-state index in [1.165, 1.54) is 7.11 Å². The van der Waals surface area contributed by atoms with Gasteiger partial charge in [0.25, 0.3) is 0 Å². The molecule has 2 saturated heterocycles. The lowest BCUT2D eigenvalue weighted by molar-refractivity contribution is -0.352. The number of rotatable bonds is 1. The lowest BCUT2D eigenvalue weighted by Crippen LogP contribution is -2.62.